The van der Waals surface area contributed by atoms with Gasteiger partial charge in [0.1, 0.15) is 0 Å². The lowest BCUT2D eigenvalue weighted by Gasteiger charge is -2.19. The van der Waals surface area contributed by atoms with Gasteiger partial charge in [0.2, 0.25) is 0 Å². The van der Waals surface area contributed by atoms with Crippen LogP contribution in [0.5, 0.6) is 0 Å². The van der Waals surface area contributed by atoms with Crippen LogP contribution in [0, 0.1) is 0 Å². The molecule has 1 heterocycles. The Morgan fingerprint density at radius 1 is 1.33 bits per heavy atom. The van der Waals surface area contributed by atoms with E-state index in [2.05, 4.69) is 6.92 Å². The standard InChI is InChI=1S/C10H20BN/c1-2-3-4-5-7-10-8-6-9-12(10)11/h10H,2-9H2,1H3. The van der Waals surface area contributed by atoms with Gasteiger partial charge in [-0.15, -0.1) is 0 Å². The SMILES string of the molecule is [B]N1CCCC1CCCCCC. The number of nitrogens with zero attached hydrogens (tertiary/aromatic N) is 1. The van der Waals surface area contributed by atoms with Crippen LogP contribution in [0.2, 0.25) is 0 Å². The number of unbranched alkanes of at least 4 members (excludes halogenated alkanes) is 3. The molecule has 1 saturated heterocycles. The maximum Gasteiger partial charge on any atom is 0.182 e. The van der Waals surface area contributed by atoms with E-state index >= 15 is 0 Å². The Labute approximate surface area is 78.0 Å². The highest BCUT2D eigenvalue weighted by molar-refractivity contribution is 6.04. The summed E-state index contributed by atoms with van der Waals surface area (Å²) in [6.07, 6.45) is 9.41. The van der Waals surface area contributed by atoms with Gasteiger partial charge in [-0.2, -0.15) is 0 Å². The molecule has 1 aliphatic heterocycles. The van der Waals surface area contributed by atoms with Crippen LogP contribution in [-0.2, 0) is 0 Å². The summed E-state index contributed by atoms with van der Waals surface area (Å²) in [5, 5.41) is 0. The van der Waals surface area contributed by atoms with Gasteiger partial charge in [0, 0.05) is 0 Å². The van der Waals surface area contributed by atoms with Gasteiger partial charge in [-0.05, 0) is 31.8 Å². The Bertz CT molecular complexity index is 116. The molecule has 2 heteroatoms. The zero-order chi connectivity index (χ0) is 8.81. The fraction of sp³-hybridized carbons (Fsp3) is 1.00. The van der Waals surface area contributed by atoms with Gasteiger partial charge in [-0.3, -0.25) is 0 Å². The molecule has 0 aromatic carbocycles. The molecule has 0 aromatic heterocycles. The molecule has 2 radical (unpaired) electrons. The molecule has 0 amide bonds. The Balaban J connectivity index is 1.98. The van der Waals surface area contributed by atoms with Crippen LogP contribution >= 0.6 is 0 Å². The van der Waals surface area contributed by atoms with Gasteiger partial charge >= 0.3 is 0 Å². The Morgan fingerprint density at radius 2 is 2.17 bits per heavy atom. The van der Waals surface area contributed by atoms with Crippen molar-refractivity contribution in [2.24, 2.45) is 0 Å². The lowest BCUT2D eigenvalue weighted by atomic mass is 10.0. The summed E-state index contributed by atoms with van der Waals surface area (Å²) in [7, 11) is 5.83. The van der Waals surface area contributed by atoms with Crippen LogP contribution in [0.3, 0.4) is 0 Å². The highest BCUT2D eigenvalue weighted by atomic mass is 15.1. The van der Waals surface area contributed by atoms with E-state index in [1.165, 1.54) is 44.9 Å². The van der Waals surface area contributed by atoms with Crippen LogP contribution < -0.4 is 0 Å². The molecular formula is C10H20BN. The largest absolute Gasteiger partial charge is 0.351 e. The molecule has 0 spiro atoms. The molecule has 0 aliphatic carbocycles. The number of hydrogen-bond donors (Lipinski definition) is 0. The first-order valence-corrected chi connectivity index (χ1v) is 5.36. The van der Waals surface area contributed by atoms with Gasteiger partial charge in [0.05, 0.1) is 0 Å². The molecule has 12 heavy (non-hydrogen) atoms. The third-order valence-electron chi connectivity index (χ3n) is 2.81. The predicted octanol–water partition coefficient (Wildman–Crippen LogP) is 2.50. The predicted molar refractivity (Wildman–Crippen MR) is 54.2 cm³/mol. The zero-order valence-corrected chi connectivity index (χ0v) is 8.26. The van der Waals surface area contributed by atoms with Crippen LogP contribution in [-0.4, -0.2) is 25.4 Å². The maximum absolute atomic E-state index is 5.83. The van der Waals surface area contributed by atoms with E-state index in [0.29, 0.717) is 6.04 Å². The second kappa shape index (κ2) is 5.63. The molecular weight excluding hydrogens is 145 g/mol. The van der Waals surface area contributed by atoms with Crippen molar-refractivity contribution < 1.29 is 0 Å². The van der Waals surface area contributed by atoms with Crippen molar-refractivity contribution in [3.05, 3.63) is 0 Å². The second-order valence-corrected chi connectivity index (χ2v) is 3.88. The molecule has 0 aromatic rings. The average Bonchev–Trinajstić information content (AvgIpc) is 2.46. The van der Waals surface area contributed by atoms with Crippen LogP contribution in [0.4, 0.5) is 0 Å². The minimum atomic E-state index is 0.696. The summed E-state index contributed by atoms with van der Waals surface area (Å²) in [6.45, 7) is 3.36. The zero-order valence-electron chi connectivity index (χ0n) is 8.26. The summed E-state index contributed by atoms with van der Waals surface area (Å²) in [4.78, 5) is 2.03. The monoisotopic (exact) mass is 165 g/mol. The van der Waals surface area contributed by atoms with Gasteiger partial charge in [-0.1, -0.05) is 32.6 Å². The molecule has 0 saturated carbocycles. The molecule has 1 unspecified atom stereocenters. The highest BCUT2D eigenvalue weighted by Crippen LogP contribution is 2.19. The van der Waals surface area contributed by atoms with E-state index < -0.39 is 0 Å². The minimum Gasteiger partial charge on any atom is -0.351 e. The number of hydrogen-bond acceptors (Lipinski definition) is 1. The molecule has 1 nitrogen and oxygen atoms in total. The third kappa shape index (κ3) is 3.18. The highest BCUT2D eigenvalue weighted by Gasteiger charge is 2.18. The lowest BCUT2D eigenvalue weighted by molar-refractivity contribution is 0.382. The molecule has 1 atom stereocenters. The van der Waals surface area contributed by atoms with Crippen molar-refractivity contribution in [3.63, 3.8) is 0 Å². The fourth-order valence-electron chi connectivity index (χ4n) is 1.97. The van der Waals surface area contributed by atoms with Crippen LogP contribution in [0.25, 0.3) is 0 Å². The third-order valence-corrected chi connectivity index (χ3v) is 2.81. The summed E-state index contributed by atoms with van der Waals surface area (Å²) in [5.74, 6) is 0. The van der Waals surface area contributed by atoms with Crippen molar-refractivity contribution in [3.8, 4) is 0 Å². The second-order valence-electron chi connectivity index (χ2n) is 3.88. The first kappa shape index (κ1) is 10.1. The van der Waals surface area contributed by atoms with Gasteiger partial charge < -0.3 is 4.81 Å². The van der Waals surface area contributed by atoms with Crippen molar-refractivity contribution in [2.75, 3.05) is 6.54 Å². The van der Waals surface area contributed by atoms with Gasteiger partial charge in [0.25, 0.3) is 0 Å². The van der Waals surface area contributed by atoms with Crippen molar-refractivity contribution in [2.45, 2.75) is 57.9 Å². The summed E-state index contributed by atoms with van der Waals surface area (Å²) >= 11 is 0. The Hall–Kier alpha value is 0.0249. The van der Waals surface area contributed by atoms with Crippen molar-refractivity contribution in [1.82, 2.24) is 4.81 Å². The van der Waals surface area contributed by atoms with Gasteiger partial charge in [-0.25, -0.2) is 0 Å². The van der Waals surface area contributed by atoms with Crippen LogP contribution in [0.15, 0.2) is 0 Å². The number of rotatable bonds is 5. The van der Waals surface area contributed by atoms with E-state index in [1.807, 2.05) is 4.81 Å². The topological polar surface area (TPSA) is 3.24 Å². The Kier molecular flexibility index (Phi) is 4.74. The lowest BCUT2D eigenvalue weighted by Crippen LogP contribution is -2.26. The smallest absolute Gasteiger partial charge is 0.182 e. The van der Waals surface area contributed by atoms with E-state index in [4.69, 9.17) is 7.98 Å². The van der Waals surface area contributed by atoms with Crippen molar-refractivity contribution in [1.29, 1.82) is 0 Å². The summed E-state index contributed by atoms with van der Waals surface area (Å²) < 4.78 is 0. The van der Waals surface area contributed by atoms with Crippen molar-refractivity contribution >= 4 is 7.98 Å². The first-order valence-electron chi connectivity index (χ1n) is 5.36. The first-order chi connectivity index (χ1) is 5.84. The van der Waals surface area contributed by atoms with E-state index in [9.17, 15) is 0 Å². The molecule has 0 bridgehead atoms. The van der Waals surface area contributed by atoms with Crippen LogP contribution in [0.1, 0.15) is 51.9 Å². The normalized spacial score (nSPS) is 24.9. The summed E-state index contributed by atoms with van der Waals surface area (Å²) in [6, 6.07) is 0.696. The van der Waals surface area contributed by atoms with E-state index in [0.717, 1.165) is 6.54 Å². The quantitative estimate of drug-likeness (QED) is 0.446. The molecule has 1 aliphatic rings. The Morgan fingerprint density at radius 3 is 2.75 bits per heavy atom. The van der Waals surface area contributed by atoms with E-state index in [-0.39, 0.29) is 0 Å². The fourth-order valence-corrected chi connectivity index (χ4v) is 1.97. The molecule has 1 rings (SSSR count). The average molecular weight is 165 g/mol. The van der Waals surface area contributed by atoms with E-state index in [1.54, 1.807) is 0 Å². The maximum atomic E-state index is 5.83. The molecule has 0 N–H and O–H groups in total. The minimum absolute atomic E-state index is 0.696. The molecule has 1 fully saturated rings. The molecule has 68 valence electrons. The summed E-state index contributed by atoms with van der Waals surface area (Å²) in [5.41, 5.74) is 0. The van der Waals surface area contributed by atoms with Gasteiger partial charge in [0.15, 0.2) is 7.98 Å².